The average Bonchev–Trinajstić information content (AvgIpc) is 3.08. The monoisotopic (exact) mass is 319 g/mol. The molecule has 0 saturated heterocycles. The van der Waals surface area contributed by atoms with E-state index in [4.69, 9.17) is 0 Å². The van der Waals surface area contributed by atoms with Crippen molar-refractivity contribution in [2.45, 2.75) is 46.7 Å². The van der Waals surface area contributed by atoms with E-state index in [1.54, 1.807) is 17.5 Å². The predicted octanol–water partition coefficient (Wildman–Crippen LogP) is 3.89. The molecule has 0 aliphatic carbocycles. The average molecular weight is 319 g/mol. The minimum atomic E-state index is 0.132. The predicted molar refractivity (Wildman–Crippen MR) is 90.9 cm³/mol. The molecule has 2 aromatic rings. The van der Waals surface area contributed by atoms with E-state index in [1.165, 1.54) is 5.56 Å². The normalized spacial score (nSPS) is 12.6. The molecular formula is C17H25N3OS. The summed E-state index contributed by atoms with van der Waals surface area (Å²) in [6, 6.07) is 2.22. The molecule has 1 atom stereocenters. The number of amides is 1. The molecule has 0 aliphatic rings. The highest BCUT2D eigenvalue weighted by atomic mass is 32.1. The maximum Gasteiger partial charge on any atom is 0.224 e. The molecule has 0 bridgehead atoms. The number of aryl methyl sites for hydroxylation is 1. The van der Waals surface area contributed by atoms with E-state index >= 15 is 0 Å². The SMILES string of the molecule is Cc1nccn1[C@H](C)CC(=O)N(Cc1ccsc1)CC(C)C. The summed E-state index contributed by atoms with van der Waals surface area (Å²) in [5.74, 6) is 1.63. The molecule has 0 N–H and O–H groups in total. The molecule has 2 aromatic heterocycles. The summed E-state index contributed by atoms with van der Waals surface area (Å²) in [6.45, 7) is 9.85. The molecule has 0 spiro atoms. The fourth-order valence-electron chi connectivity index (χ4n) is 2.63. The van der Waals surface area contributed by atoms with Gasteiger partial charge in [0, 0.05) is 37.9 Å². The lowest BCUT2D eigenvalue weighted by atomic mass is 10.1. The van der Waals surface area contributed by atoms with Crippen molar-refractivity contribution < 1.29 is 4.79 Å². The first-order valence-electron chi connectivity index (χ1n) is 7.75. The molecule has 0 radical (unpaired) electrons. The van der Waals surface area contributed by atoms with Gasteiger partial charge in [-0.1, -0.05) is 13.8 Å². The molecule has 5 heteroatoms. The first-order chi connectivity index (χ1) is 10.5. The molecule has 2 heterocycles. The second-order valence-corrected chi connectivity index (χ2v) is 7.01. The Kier molecular flexibility index (Phi) is 5.77. The molecule has 0 saturated carbocycles. The Labute approximate surface area is 136 Å². The molecule has 1 amide bonds. The minimum Gasteiger partial charge on any atom is -0.338 e. The summed E-state index contributed by atoms with van der Waals surface area (Å²) in [5.41, 5.74) is 1.21. The Balaban J connectivity index is 2.03. The van der Waals surface area contributed by atoms with Gasteiger partial charge in [-0.15, -0.1) is 0 Å². The molecule has 22 heavy (non-hydrogen) atoms. The summed E-state index contributed by atoms with van der Waals surface area (Å²) in [7, 11) is 0. The first kappa shape index (κ1) is 16.7. The van der Waals surface area contributed by atoms with Gasteiger partial charge in [-0.3, -0.25) is 4.79 Å². The van der Waals surface area contributed by atoms with Gasteiger partial charge in [-0.25, -0.2) is 4.98 Å². The lowest BCUT2D eigenvalue weighted by molar-refractivity contribution is -0.133. The van der Waals surface area contributed by atoms with Gasteiger partial charge in [-0.2, -0.15) is 11.3 Å². The number of rotatable bonds is 7. The van der Waals surface area contributed by atoms with Crippen LogP contribution in [0.1, 0.15) is 44.6 Å². The number of hydrogen-bond donors (Lipinski definition) is 0. The number of aromatic nitrogens is 2. The van der Waals surface area contributed by atoms with Gasteiger partial charge < -0.3 is 9.47 Å². The summed E-state index contributed by atoms with van der Waals surface area (Å²) in [5, 5.41) is 4.18. The molecule has 0 aliphatic heterocycles. The van der Waals surface area contributed by atoms with Gasteiger partial charge in [0.25, 0.3) is 0 Å². The van der Waals surface area contributed by atoms with Gasteiger partial charge in [0.05, 0.1) is 0 Å². The molecule has 0 fully saturated rings. The highest BCUT2D eigenvalue weighted by molar-refractivity contribution is 7.07. The van der Waals surface area contributed by atoms with Crippen LogP contribution in [0.25, 0.3) is 0 Å². The van der Waals surface area contributed by atoms with Gasteiger partial charge in [0.15, 0.2) is 0 Å². The van der Waals surface area contributed by atoms with Gasteiger partial charge >= 0.3 is 0 Å². The van der Waals surface area contributed by atoms with Crippen LogP contribution in [0, 0.1) is 12.8 Å². The van der Waals surface area contributed by atoms with E-state index in [0.29, 0.717) is 18.9 Å². The van der Waals surface area contributed by atoms with Crippen molar-refractivity contribution in [2.75, 3.05) is 6.54 Å². The summed E-state index contributed by atoms with van der Waals surface area (Å²) in [6.07, 6.45) is 4.24. The van der Waals surface area contributed by atoms with Gasteiger partial charge in [0.1, 0.15) is 5.82 Å². The quantitative estimate of drug-likeness (QED) is 0.776. The number of thiophene rings is 1. The first-order valence-corrected chi connectivity index (χ1v) is 8.70. The number of carbonyl (C=O) groups excluding carboxylic acids is 1. The smallest absolute Gasteiger partial charge is 0.224 e. The zero-order valence-electron chi connectivity index (χ0n) is 13.8. The Hall–Kier alpha value is -1.62. The Morgan fingerprint density at radius 2 is 2.18 bits per heavy atom. The topological polar surface area (TPSA) is 38.1 Å². The van der Waals surface area contributed by atoms with Crippen molar-refractivity contribution in [1.29, 1.82) is 0 Å². The highest BCUT2D eigenvalue weighted by Gasteiger charge is 2.19. The van der Waals surface area contributed by atoms with Crippen LogP contribution in [-0.4, -0.2) is 26.9 Å². The van der Waals surface area contributed by atoms with E-state index in [0.717, 1.165) is 12.4 Å². The Bertz CT molecular complexity index is 589. The zero-order valence-corrected chi connectivity index (χ0v) is 14.6. The molecule has 2 rings (SSSR count). The number of nitrogens with zero attached hydrogens (tertiary/aromatic N) is 3. The van der Waals surface area contributed by atoms with Crippen LogP contribution in [0.4, 0.5) is 0 Å². The molecule has 0 aromatic carbocycles. The third-order valence-corrected chi connectivity index (χ3v) is 4.43. The molecule has 120 valence electrons. The fraction of sp³-hybridized carbons (Fsp3) is 0.529. The van der Waals surface area contributed by atoms with Crippen LogP contribution < -0.4 is 0 Å². The van der Waals surface area contributed by atoms with Crippen LogP contribution in [-0.2, 0) is 11.3 Å². The van der Waals surface area contributed by atoms with Crippen LogP contribution in [0.15, 0.2) is 29.2 Å². The van der Waals surface area contributed by atoms with Crippen LogP contribution in [0.3, 0.4) is 0 Å². The number of hydrogen-bond acceptors (Lipinski definition) is 3. The maximum atomic E-state index is 12.7. The Morgan fingerprint density at radius 3 is 2.73 bits per heavy atom. The molecular weight excluding hydrogens is 294 g/mol. The van der Waals surface area contributed by atoms with Crippen molar-refractivity contribution in [3.05, 3.63) is 40.6 Å². The minimum absolute atomic E-state index is 0.132. The lowest BCUT2D eigenvalue weighted by Gasteiger charge is -2.26. The van der Waals surface area contributed by atoms with Crippen molar-refractivity contribution in [3.63, 3.8) is 0 Å². The van der Waals surface area contributed by atoms with Gasteiger partial charge in [-0.05, 0) is 42.2 Å². The summed E-state index contributed by atoms with van der Waals surface area (Å²) < 4.78 is 2.07. The fourth-order valence-corrected chi connectivity index (χ4v) is 3.29. The van der Waals surface area contributed by atoms with E-state index in [9.17, 15) is 4.79 Å². The maximum absolute atomic E-state index is 12.7. The third-order valence-electron chi connectivity index (χ3n) is 3.70. The summed E-state index contributed by atoms with van der Waals surface area (Å²) in [4.78, 5) is 18.9. The van der Waals surface area contributed by atoms with Crippen LogP contribution in [0.2, 0.25) is 0 Å². The van der Waals surface area contributed by atoms with Crippen LogP contribution in [0.5, 0.6) is 0 Å². The standard InChI is InChI=1S/C17H25N3OS/c1-13(2)10-19(11-16-5-8-22-12-16)17(21)9-14(3)20-7-6-18-15(20)4/h5-8,12-14H,9-11H2,1-4H3/t14-/m1/s1. The lowest BCUT2D eigenvalue weighted by Crippen LogP contribution is -2.34. The third kappa shape index (κ3) is 4.44. The number of carbonyl (C=O) groups is 1. The van der Waals surface area contributed by atoms with Crippen molar-refractivity contribution in [2.24, 2.45) is 5.92 Å². The van der Waals surface area contributed by atoms with E-state index < -0.39 is 0 Å². The number of imidazole rings is 1. The zero-order chi connectivity index (χ0) is 16.1. The van der Waals surface area contributed by atoms with Gasteiger partial charge in [0.2, 0.25) is 5.91 Å². The van der Waals surface area contributed by atoms with E-state index in [-0.39, 0.29) is 11.9 Å². The summed E-state index contributed by atoms with van der Waals surface area (Å²) >= 11 is 1.68. The van der Waals surface area contributed by atoms with E-state index in [2.05, 4.69) is 47.1 Å². The molecule has 0 unspecified atom stereocenters. The largest absolute Gasteiger partial charge is 0.338 e. The molecule has 4 nitrogen and oxygen atoms in total. The van der Waals surface area contributed by atoms with Crippen molar-refractivity contribution in [3.8, 4) is 0 Å². The van der Waals surface area contributed by atoms with Crippen LogP contribution >= 0.6 is 11.3 Å². The van der Waals surface area contributed by atoms with Crippen molar-refractivity contribution in [1.82, 2.24) is 14.5 Å². The Morgan fingerprint density at radius 1 is 1.41 bits per heavy atom. The second kappa shape index (κ2) is 7.58. The second-order valence-electron chi connectivity index (χ2n) is 6.23. The van der Waals surface area contributed by atoms with E-state index in [1.807, 2.05) is 18.0 Å². The van der Waals surface area contributed by atoms with Crippen molar-refractivity contribution >= 4 is 17.2 Å². The highest BCUT2D eigenvalue weighted by Crippen LogP contribution is 2.17.